The van der Waals surface area contributed by atoms with Crippen LogP contribution in [0, 0.1) is 11.8 Å². The molecule has 1 unspecified atom stereocenters. The van der Waals surface area contributed by atoms with Crippen molar-refractivity contribution in [2.24, 2.45) is 11.8 Å². The van der Waals surface area contributed by atoms with E-state index in [1.807, 2.05) is 12.3 Å². The predicted octanol–water partition coefficient (Wildman–Crippen LogP) is 7.84. The molecular formula is C30H35NOSi. The minimum atomic E-state index is -2.01. The fraction of sp³-hybridized carbons (Fsp3) is 0.367. The summed E-state index contributed by atoms with van der Waals surface area (Å²) in [5.74, 6) is 1.98. The molecule has 0 spiro atoms. The summed E-state index contributed by atoms with van der Waals surface area (Å²) in [7, 11) is -2.01. The van der Waals surface area contributed by atoms with Crippen molar-refractivity contribution in [1.29, 1.82) is 0 Å². The molecule has 3 saturated carbocycles. The van der Waals surface area contributed by atoms with Crippen molar-refractivity contribution < 1.29 is 4.43 Å². The summed E-state index contributed by atoms with van der Waals surface area (Å²) in [6.45, 7) is 11.7. The highest BCUT2D eigenvalue weighted by molar-refractivity contribution is 6.74. The molecule has 3 fully saturated rings. The van der Waals surface area contributed by atoms with Gasteiger partial charge < -0.3 is 4.43 Å². The zero-order chi connectivity index (χ0) is 23.3. The van der Waals surface area contributed by atoms with Gasteiger partial charge in [0, 0.05) is 11.8 Å². The number of hydrogen-bond donors (Lipinski definition) is 0. The lowest BCUT2D eigenvalue weighted by Gasteiger charge is -2.53. The summed E-state index contributed by atoms with van der Waals surface area (Å²) in [5.41, 5.74) is 5.26. The predicted molar refractivity (Wildman–Crippen MR) is 139 cm³/mol. The first-order valence-corrected chi connectivity index (χ1v) is 15.1. The van der Waals surface area contributed by atoms with Crippen LogP contribution in [0.2, 0.25) is 18.1 Å². The molecule has 1 heterocycles. The van der Waals surface area contributed by atoms with E-state index in [2.05, 4.69) is 107 Å². The van der Waals surface area contributed by atoms with E-state index in [9.17, 15) is 0 Å². The normalized spacial score (nSPS) is 26.0. The van der Waals surface area contributed by atoms with Gasteiger partial charge in [-0.25, -0.2) is 0 Å². The Morgan fingerprint density at radius 2 is 1.42 bits per heavy atom. The second-order valence-electron chi connectivity index (χ2n) is 11.1. The van der Waals surface area contributed by atoms with E-state index >= 15 is 0 Å². The van der Waals surface area contributed by atoms with E-state index in [0.29, 0.717) is 11.8 Å². The van der Waals surface area contributed by atoms with Crippen LogP contribution in [0.25, 0.3) is 5.76 Å². The smallest absolute Gasteiger partial charge is 0.250 e. The van der Waals surface area contributed by atoms with Gasteiger partial charge in [0.1, 0.15) is 5.76 Å². The maximum atomic E-state index is 7.14. The molecule has 3 aromatic rings. The first-order chi connectivity index (χ1) is 15.8. The molecular weight excluding hydrogens is 418 g/mol. The Morgan fingerprint density at radius 3 is 1.97 bits per heavy atom. The number of pyridine rings is 1. The average molecular weight is 454 g/mol. The maximum absolute atomic E-state index is 7.14. The van der Waals surface area contributed by atoms with Gasteiger partial charge in [0.15, 0.2) is 0 Å². The second-order valence-corrected chi connectivity index (χ2v) is 15.9. The molecule has 0 amide bonds. The summed E-state index contributed by atoms with van der Waals surface area (Å²) < 4.78 is 7.14. The minimum Gasteiger partial charge on any atom is -0.543 e. The fourth-order valence-electron chi connectivity index (χ4n) is 5.81. The molecule has 3 heteroatoms. The van der Waals surface area contributed by atoms with Crippen molar-refractivity contribution in [2.75, 3.05) is 0 Å². The Labute approximate surface area is 199 Å². The highest BCUT2D eigenvalue weighted by atomic mass is 28.4. The maximum Gasteiger partial charge on any atom is 0.250 e. The van der Waals surface area contributed by atoms with Crippen molar-refractivity contribution in [3.8, 4) is 0 Å². The van der Waals surface area contributed by atoms with E-state index in [0.717, 1.165) is 5.76 Å². The fourth-order valence-corrected chi connectivity index (χ4v) is 6.86. The van der Waals surface area contributed by atoms with Gasteiger partial charge in [0.25, 0.3) is 8.32 Å². The van der Waals surface area contributed by atoms with Gasteiger partial charge in [-0.05, 0) is 66.1 Å². The molecule has 3 atom stereocenters. The van der Waals surface area contributed by atoms with Crippen LogP contribution in [-0.2, 0) is 9.84 Å². The van der Waals surface area contributed by atoms with E-state index in [1.165, 1.54) is 35.2 Å². The Bertz CT molecular complexity index is 1090. The summed E-state index contributed by atoms with van der Waals surface area (Å²) in [5, 5.41) is 0.147. The quantitative estimate of drug-likeness (QED) is 0.290. The Kier molecular flexibility index (Phi) is 5.36. The van der Waals surface area contributed by atoms with Crippen LogP contribution in [0.4, 0.5) is 0 Å². The molecule has 0 aliphatic heterocycles. The molecule has 0 saturated heterocycles. The molecule has 33 heavy (non-hydrogen) atoms. The number of allylic oxidation sites excluding steroid dienone is 1. The average Bonchev–Trinajstić information content (AvgIpc) is 3.42. The van der Waals surface area contributed by atoms with Gasteiger partial charge in [0.05, 0.1) is 11.1 Å². The van der Waals surface area contributed by atoms with E-state index < -0.39 is 8.32 Å². The first kappa shape index (κ1) is 22.2. The first-order valence-electron chi connectivity index (χ1n) is 12.2. The lowest BCUT2D eigenvalue weighted by molar-refractivity contribution is 0.232. The molecule has 2 bridgehead atoms. The summed E-state index contributed by atoms with van der Waals surface area (Å²) >= 11 is 0. The zero-order valence-corrected chi connectivity index (χ0v) is 21.5. The highest BCUT2D eigenvalue weighted by Gasteiger charge is 2.66. The van der Waals surface area contributed by atoms with Crippen molar-refractivity contribution in [3.05, 3.63) is 107 Å². The summed E-state index contributed by atoms with van der Waals surface area (Å²) in [6, 6.07) is 28.2. The molecule has 0 N–H and O–H groups in total. The van der Waals surface area contributed by atoms with Crippen LogP contribution < -0.4 is 0 Å². The Hall–Kier alpha value is -2.65. The van der Waals surface area contributed by atoms with Gasteiger partial charge in [-0.2, -0.15) is 0 Å². The standard InChI is InChI=1S/C30H35NOSi/c1-29(2,3)33(4,5)32-28(22-14-8-6-9-15-22)27-24-19-20-25(27)30(24,23-16-10-7-11-17-23)26-18-12-13-21-31-26/h6-18,21,24-25H,19-20H2,1-5H3/t24-,25+,30?. The third-order valence-corrected chi connectivity index (χ3v) is 12.7. The van der Waals surface area contributed by atoms with Gasteiger partial charge in [-0.1, -0.05) is 87.5 Å². The van der Waals surface area contributed by atoms with Crippen LogP contribution in [0.5, 0.6) is 0 Å². The van der Waals surface area contributed by atoms with E-state index in [4.69, 9.17) is 9.41 Å². The van der Waals surface area contributed by atoms with Crippen LogP contribution in [-0.4, -0.2) is 13.3 Å². The number of rotatable bonds is 5. The number of nitrogens with zero attached hydrogens (tertiary/aromatic N) is 1. The van der Waals surface area contributed by atoms with Gasteiger partial charge >= 0.3 is 0 Å². The highest BCUT2D eigenvalue weighted by Crippen LogP contribution is 2.70. The van der Waals surface area contributed by atoms with Crippen LogP contribution >= 0.6 is 0 Å². The molecule has 3 aliphatic rings. The molecule has 3 aliphatic carbocycles. The lowest BCUT2D eigenvalue weighted by atomic mass is 9.50. The molecule has 2 aromatic carbocycles. The minimum absolute atomic E-state index is 0.0608. The van der Waals surface area contributed by atoms with Crippen LogP contribution in [0.1, 0.15) is 50.4 Å². The van der Waals surface area contributed by atoms with Crippen molar-refractivity contribution in [2.45, 2.75) is 57.2 Å². The van der Waals surface area contributed by atoms with Gasteiger partial charge in [-0.15, -0.1) is 0 Å². The number of fused-ring (bicyclic) bond motifs is 1. The van der Waals surface area contributed by atoms with Crippen LogP contribution in [0.3, 0.4) is 0 Å². The largest absolute Gasteiger partial charge is 0.543 e. The second kappa shape index (κ2) is 7.98. The Morgan fingerprint density at radius 1 is 0.848 bits per heavy atom. The molecule has 0 radical (unpaired) electrons. The van der Waals surface area contributed by atoms with Gasteiger partial charge in [0.2, 0.25) is 0 Å². The van der Waals surface area contributed by atoms with Crippen molar-refractivity contribution in [1.82, 2.24) is 4.98 Å². The molecule has 2 nitrogen and oxygen atoms in total. The number of hydrogen-bond acceptors (Lipinski definition) is 2. The SMILES string of the molecule is CC(C)(C)[Si](C)(C)OC(=C1[C@H]2CC[C@@H]1C2(c1ccccc1)c1ccccn1)c1ccccc1. The topological polar surface area (TPSA) is 22.1 Å². The van der Waals surface area contributed by atoms with Crippen molar-refractivity contribution >= 4 is 14.1 Å². The summed E-state index contributed by atoms with van der Waals surface area (Å²) in [4.78, 5) is 4.92. The lowest BCUT2D eigenvalue weighted by Crippen LogP contribution is -2.51. The molecule has 6 rings (SSSR count). The molecule has 170 valence electrons. The van der Waals surface area contributed by atoms with E-state index in [1.54, 1.807) is 0 Å². The Balaban J connectivity index is 1.69. The third kappa shape index (κ3) is 3.40. The van der Waals surface area contributed by atoms with Crippen molar-refractivity contribution in [3.63, 3.8) is 0 Å². The van der Waals surface area contributed by atoms with E-state index in [-0.39, 0.29) is 10.5 Å². The monoisotopic (exact) mass is 453 g/mol. The zero-order valence-electron chi connectivity index (χ0n) is 20.5. The third-order valence-electron chi connectivity index (χ3n) is 8.40. The molecule has 1 aromatic heterocycles. The van der Waals surface area contributed by atoms with Gasteiger partial charge in [-0.3, -0.25) is 4.98 Å². The van der Waals surface area contributed by atoms with Crippen LogP contribution in [0.15, 0.2) is 90.6 Å². The number of aromatic nitrogens is 1. The number of benzene rings is 2. The summed E-state index contributed by atoms with van der Waals surface area (Å²) in [6.07, 6.45) is 4.32.